The first-order valence-electron chi connectivity index (χ1n) is 7.65. The fraction of sp³-hybridized carbons (Fsp3) is 0.471. The van der Waals surface area contributed by atoms with Crippen LogP contribution in [0.3, 0.4) is 0 Å². The normalized spacial score (nSPS) is 17.8. The summed E-state index contributed by atoms with van der Waals surface area (Å²) in [5, 5.41) is 0. The molecule has 1 saturated heterocycles. The third kappa shape index (κ3) is 3.70. The van der Waals surface area contributed by atoms with Gasteiger partial charge in [0.1, 0.15) is 0 Å². The molecule has 0 spiro atoms. The molecule has 6 heteroatoms. The summed E-state index contributed by atoms with van der Waals surface area (Å²) >= 11 is 0. The zero-order chi connectivity index (χ0) is 17.1. The van der Waals surface area contributed by atoms with E-state index < -0.39 is 0 Å². The Morgan fingerprint density at radius 2 is 1.78 bits per heavy atom. The molecule has 0 radical (unpaired) electrons. The van der Waals surface area contributed by atoms with E-state index >= 15 is 0 Å². The van der Waals surface area contributed by atoms with Gasteiger partial charge in [0.25, 0.3) is 5.91 Å². The Morgan fingerprint density at radius 3 is 2.35 bits per heavy atom. The summed E-state index contributed by atoms with van der Waals surface area (Å²) in [5.74, 6) is -0.110. The molecular formula is C17H23N3O3. The highest BCUT2D eigenvalue weighted by Crippen LogP contribution is 2.26. The van der Waals surface area contributed by atoms with Gasteiger partial charge in [0, 0.05) is 53.1 Å². The number of rotatable bonds is 2. The highest BCUT2D eigenvalue weighted by molar-refractivity contribution is 5.94. The van der Waals surface area contributed by atoms with Crippen LogP contribution >= 0.6 is 0 Å². The SMILES string of the molecule is CC(=O)N1CCN(C(C)=O)C(c2cccc(C(=O)N(C)C)c2)C1. The molecule has 0 aromatic heterocycles. The second kappa shape index (κ2) is 6.81. The quantitative estimate of drug-likeness (QED) is 0.822. The average molecular weight is 317 g/mol. The predicted molar refractivity (Wildman–Crippen MR) is 86.8 cm³/mol. The van der Waals surface area contributed by atoms with E-state index in [1.807, 2.05) is 18.2 Å². The van der Waals surface area contributed by atoms with E-state index in [0.29, 0.717) is 25.2 Å². The monoisotopic (exact) mass is 317 g/mol. The van der Waals surface area contributed by atoms with Crippen LogP contribution in [0.4, 0.5) is 0 Å². The summed E-state index contributed by atoms with van der Waals surface area (Å²) in [6.45, 7) is 4.57. The molecule has 1 aromatic rings. The Labute approximate surface area is 136 Å². The van der Waals surface area contributed by atoms with Crippen LogP contribution in [0.1, 0.15) is 35.8 Å². The van der Waals surface area contributed by atoms with Crippen molar-refractivity contribution in [3.05, 3.63) is 35.4 Å². The topological polar surface area (TPSA) is 60.9 Å². The van der Waals surface area contributed by atoms with Gasteiger partial charge in [0.15, 0.2) is 0 Å². The molecule has 0 N–H and O–H groups in total. The van der Waals surface area contributed by atoms with Gasteiger partial charge in [-0.15, -0.1) is 0 Å². The van der Waals surface area contributed by atoms with Crippen LogP contribution in [-0.4, -0.2) is 66.2 Å². The first kappa shape index (κ1) is 17.0. The molecule has 1 unspecified atom stereocenters. The maximum absolute atomic E-state index is 12.1. The number of hydrogen-bond donors (Lipinski definition) is 0. The van der Waals surface area contributed by atoms with Crippen LogP contribution in [-0.2, 0) is 9.59 Å². The highest BCUT2D eigenvalue weighted by atomic mass is 16.2. The summed E-state index contributed by atoms with van der Waals surface area (Å²) in [5.41, 5.74) is 1.45. The van der Waals surface area contributed by atoms with Crippen LogP contribution in [0, 0.1) is 0 Å². The average Bonchev–Trinajstić information content (AvgIpc) is 2.53. The molecule has 0 saturated carbocycles. The fourth-order valence-corrected chi connectivity index (χ4v) is 2.87. The highest BCUT2D eigenvalue weighted by Gasteiger charge is 2.31. The first-order chi connectivity index (χ1) is 10.8. The minimum atomic E-state index is -0.222. The van der Waals surface area contributed by atoms with Gasteiger partial charge in [-0.3, -0.25) is 14.4 Å². The lowest BCUT2D eigenvalue weighted by atomic mass is 9.99. The maximum Gasteiger partial charge on any atom is 0.253 e. The number of hydrogen-bond acceptors (Lipinski definition) is 3. The van der Waals surface area contributed by atoms with Crippen molar-refractivity contribution in [2.75, 3.05) is 33.7 Å². The number of benzene rings is 1. The molecule has 0 aliphatic carbocycles. The molecular weight excluding hydrogens is 294 g/mol. The molecule has 1 aromatic carbocycles. The van der Waals surface area contributed by atoms with E-state index in [-0.39, 0.29) is 23.8 Å². The zero-order valence-electron chi connectivity index (χ0n) is 14.1. The number of carbonyl (C=O) groups is 3. The molecule has 124 valence electrons. The molecule has 1 heterocycles. The predicted octanol–water partition coefficient (Wildman–Crippen LogP) is 1.14. The van der Waals surface area contributed by atoms with E-state index in [0.717, 1.165) is 5.56 Å². The largest absolute Gasteiger partial charge is 0.345 e. The van der Waals surface area contributed by atoms with Crippen LogP contribution in [0.15, 0.2) is 24.3 Å². The molecule has 6 nitrogen and oxygen atoms in total. The third-order valence-electron chi connectivity index (χ3n) is 4.15. The van der Waals surface area contributed by atoms with Gasteiger partial charge in [-0.2, -0.15) is 0 Å². The van der Waals surface area contributed by atoms with E-state index in [1.54, 1.807) is 30.0 Å². The van der Waals surface area contributed by atoms with Crippen LogP contribution in [0.2, 0.25) is 0 Å². The summed E-state index contributed by atoms with van der Waals surface area (Å²) < 4.78 is 0. The van der Waals surface area contributed by atoms with E-state index in [1.165, 1.54) is 18.7 Å². The van der Waals surface area contributed by atoms with Gasteiger partial charge in [0.05, 0.1) is 6.04 Å². The van der Waals surface area contributed by atoms with Crippen molar-refractivity contribution in [1.29, 1.82) is 0 Å². The second-order valence-electron chi connectivity index (χ2n) is 6.02. The Kier molecular flexibility index (Phi) is 5.03. The van der Waals surface area contributed by atoms with Gasteiger partial charge < -0.3 is 14.7 Å². The van der Waals surface area contributed by atoms with Gasteiger partial charge in [-0.05, 0) is 17.7 Å². The van der Waals surface area contributed by atoms with Crippen molar-refractivity contribution < 1.29 is 14.4 Å². The summed E-state index contributed by atoms with van der Waals surface area (Å²) in [7, 11) is 3.41. The minimum absolute atomic E-state index is 0.00118. The van der Waals surface area contributed by atoms with Crippen molar-refractivity contribution in [1.82, 2.24) is 14.7 Å². The van der Waals surface area contributed by atoms with Crippen molar-refractivity contribution in [3.63, 3.8) is 0 Å². The summed E-state index contributed by atoms with van der Waals surface area (Å²) in [6.07, 6.45) is 0. The molecule has 0 bridgehead atoms. The lowest BCUT2D eigenvalue weighted by molar-refractivity contribution is -0.140. The number of amides is 3. The Bertz CT molecular complexity index is 627. The van der Waals surface area contributed by atoms with Crippen molar-refractivity contribution in [2.45, 2.75) is 19.9 Å². The number of piperazine rings is 1. The Balaban J connectivity index is 2.35. The van der Waals surface area contributed by atoms with Crippen LogP contribution in [0.5, 0.6) is 0 Å². The standard InChI is InChI=1S/C17H23N3O3/c1-12(21)19-8-9-20(13(2)22)16(11-19)14-6-5-7-15(10-14)17(23)18(3)4/h5-7,10,16H,8-9,11H2,1-4H3. The van der Waals surface area contributed by atoms with Crippen molar-refractivity contribution in [3.8, 4) is 0 Å². The molecule has 23 heavy (non-hydrogen) atoms. The summed E-state index contributed by atoms with van der Waals surface area (Å²) in [4.78, 5) is 40.8. The molecule has 3 amide bonds. The van der Waals surface area contributed by atoms with Crippen LogP contribution < -0.4 is 0 Å². The minimum Gasteiger partial charge on any atom is -0.345 e. The Hall–Kier alpha value is -2.37. The van der Waals surface area contributed by atoms with E-state index in [9.17, 15) is 14.4 Å². The third-order valence-corrected chi connectivity index (χ3v) is 4.15. The molecule has 1 atom stereocenters. The molecule has 1 aliphatic heterocycles. The molecule has 2 rings (SSSR count). The van der Waals surface area contributed by atoms with Gasteiger partial charge in [-0.1, -0.05) is 12.1 Å². The summed E-state index contributed by atoms with van der Waals surface area (Å²) in [6, 6.07) is 7.07. The lowest BCUT2D eigenvalue weighted by Gasteiger charge is -2.41. The number of nitrogens with zero attached hydrogens (tertiary/aromatic N) is 3. The number of carbonyl (C=O) groups excluding carboxylic acids is 3. The second-order valence-corrected chi connectivity index (χ2v) is 6.02. The smallest absolute Gasteiger partial charge is 0.253 e. The van der Waals surface area contributed by atoms with Gasteiger partial charge in [0.2, 0.25) is 11.8 Å². The first-order valence-corrected chi connectivity index (χ1v) is 7.65. The van der Waals surface area contributed by atoms with Gasteiger partial charge in [-0.25, -0.2) is 0 Å². The molecule has 1 aliphatic rings. The molecule has 1 fully saturated rings. The fourth-order valence-electron chi connectivity index (χ4n) is 2.87. The Morgan fingerprint density at radius 1 is 1.09 bits per heavy atom. The maximum atomic E-state index is 12.1. The van der Waals surface area contributed by atoms with E-state index in [4.69, 9.17) is 0 Å². The van der Waals surface area contributed by atoms with Crippen LogP contribution in [0.25, 0.3) is 0 Å². The van der Waals surface area contributed by atoms with Gasteiger partial charge >= 0.3 is 0 Å². The van der Waals surface area contributed by atoms with E-state index in [2.05, 4.69) is 0 Å². The van der Waals surface area contributed by atoms with Crippen molar-refractivity contribution in [2.24, 2.45) is 0 Å². The lowest BCUT2D eigenvalue weighted by Crippen LogP contribution is -2.51. The zero-order valence-corrected chi connectivity index (χ0v) is 14.1. The van der Waals surface area contributed by atoms with Crippen molar-refractivity contribution >= 4 is 17.7 Å².